The molecule has 2 rings (SSSR count). The Kier molecular flexibility index (Phi) is 2.21. The van der Waals surface area contributed by atoms with E-state index in [2.05, 4.69) is 37.9 Å². The quantitative estimate of drug-likeness (QED) is 0.774. The third kappa shape index (κ3) is 1.66. The molecule has 1 aromatic rings. The lowest BCUT2D eigenvalue weighted by Crippen LogP contribution is -2.01. The normalized spacial score (nSPS) is 17.9. The lowest BCUT2D eigenvalue weighted by atomic mass is 9.98. The molecular formula is C10H7Br2N. The van der Waals surface area contributed by atoms with Crippen LogP contribution in [0.5, 0.6) is 0 Å². The van der Waals surface area contributed by atoms with Gasteiger partial charge in [0.15, 0.2) is 0 Å². The van der Waals surface area contributed by atoms with Crippen molar-refractivity contribution < 1.29 is 0 Å². The summed E-state index contributed by atoms with van der Waals surface area (Å²) in [4.78, 5) is 0. The van der Waals surface area contributed by atoms with E-state index in [4.69, 9.17) is 5.26 Å². The molecule has 0 aliphatic heterocycles. The monoisotopic (exact) mass is 299 g/mol. The molecule has 0 atom stereocenters. The summed E-state index contributed by atoms with van der Waals surface area (Å²) in [6.07, 6.45) is 1.98. The smallest absolute Gasteiger partial charge is 0.0824 e. The fraction of sp³-hybridized carbons (Fsp3) is 0.300. The number of halogens is 2. The van der Waals surface area contributed by atoms with E-state index in [-0.39, 0.29) is 5.41 Å². The SMILES string of the molecule is N#CC1(c2cc(Br)cc(Br)c2)CC1. The molecule has 0 bridgehead atoms. The molecule has 0 aromatic heterocycles. The Labute approximate surface area is 94.0 Å². The number of rotatable bonds is 1. The van der Waals surface area contributed by atoms with E-state index in [1.165, 1.54) is 0 Å². The van der Waals surface area contributed by atoms with Crippen LogP contribution in [0, 0.1) is 11.3 Å². The third-order valence-electron chi connectivity index (χ3n) is 2.38. The van der Waals surface area contributed by atoms with Crippen LogP contribution in [0.25, 0.3) is 0 Å². The van der Waals surface area contributed by atoms with Gasteiger partial charge in [-0.05, 0) is 36.6 Å². The Bertz CT molecular complexity index is 368. The first-order chi connectivity index (χ1) is 6.16. The van der Waals surface area contributed by atoms with Crippen LogP contribution < -0.4 is 0 Å². The number of nitriles is 1. The van der Waals surface area contributed by atoms with E-state index in [1.54, 1.807) is 0 Å². The molecule has 3 heteroatoms. The Hall–Kier alpha value is -0.330. The van der Waals surface area contributed by atoms with Gasteiger partial charge in [-0.3, -0.25) is 0 Å². The van der Waals surface area contributed by atoms with Crippen LogP contribution in [0.3, 0.4) is 0 Å². The number of hydrogen-bond donors (Lipinski definition) is 0. The second-order valence-electron chi connectivity index (χ2n) is 3.35. The average Bonchev–Trinajstić information content (AvgIpc) is 2.82. The van der Waals surface area contributed by atoms with Gasteiger partial charge in [-0.15, -0.1) is 0 Å². The van der Waals surface area contributed by atoms with Gasteiger partial charge in [-0.1, -0.05) is 31.9 Å². The van der Waals surface area contributed by atoms with Gasteiger partial charge in [0.25, 0.3) is 0 Å². The van der Waals surface area contributed by atoms with Gasteiger partial charge in [0.2, 0.25) is 0 Å². The van der Waals surface area contributed by atoms with E-state index >= 15 is 0 Å². The minimum absolute atomic E-state index is 0.188. The fourth-order valence-corrected chi connectivity index (χ4v) is 2.71. The molecule has 0 radical (unpaired) electrons. The van der Waals surface area contributed by atoms with Crippen LogP contribution in [0.15, 0.2) is 27.1 Å². The molecule has 1 fully saturated rings. The standard InChI is InChI=1S/C10H7Br2N/c11-8-3-7(4-9(12)5-8)10(6-13)1-2-10/h3-5H,1-2H2. The minimum Gasteiger partial charge on any atom is -0.197 e. The highest BCUT2D eigenvalue weighted by Crippen LogP contribution is 2.48. The van der Waals surface area contributed by atoms with Crippen molar-refractivity contribution >= 4 is 31.9 Å². The van der Waals surface area contributed by atoms with Crippen molar-refractivity contribution in [3.8, 4) is 6.07 Å². The van der Waals surface area contributed by atoms with Gasteiger partial charge in [-0.25, -0.2) is 0 Å². The Morgan fingerprint density at radius 3 is 2.08 bits per heavy atom. The van der Waals surface area contributed by atoms with Gasteiger partial charge in [-0.2, -0.15) is 5.26 Å². The van der Waals surface area contributed by atoms with Crippen LogP contribution in [-0.4, -0.2) is 0 Å². The highest BCUT2D eigenvalue weighted by molar-refractivity contribution is 9.11. The van der Waals surface area contributed by atoms with E-state index < -0.39 is 0 Å². The summed E-state index contributed by atoms with van der Waals surface area (Å²) in [6, 6.07) is 8.42. The van der Waals surface area contributed by atoms with Crippen molar-refractivity contribution in [3.63, 3.8) is 0 Å². The van der Waals surface area contributed by atoms with Crippen molar-refractivity contribution in [1.82, 2.24) is 0 Å². The molecule has 1 nitrogen and oxygen atoms in total. The molecule has 1 aromatic carbocycles. The summed E-state index contributed by atoms with van der Waals surface area (Å²) < 4.78 is 2.05. The maximum atomic E-state index is 9.01. The third-order valence-corrected chi connectivity index (χ3v) is 3.29. The summed E-state index contributed by atoms with van der Waals surface area (Å²) in [5, 5.41) is 9.01. The zero-order chi connectivity index (χ0) is 9.47. The van der Waals surface area contributed by atoms with Gasteiger partial charge in [0.05, 0.1) is 11.5 Å². The largest absolute Gasteiger partial charge is 0.197 e. The molecule has 0 unspecified atom stereocenters. The summed E-state index contributed by atoms with van der Waals surface area (Å²) in [6.45, 7) is 0. The van der Waals surface area contributed by atoms with Crippen LogP contribution in [0.4, 0.5) is 0 Å². The summed E-state index contributed by atoms with van der Waals surface area (Å²) >= 11 is 6.85. The van der Waals surface area contributed by atoms with Crippen LogP contribution in [0.2, 0.25) is 0 Å². The lowest BCUT2D eigenvalue weighted by Gasteiger charge is -2.06. The van der Waals surface area contributed by atoms with Crippen molar-refractivity contribution in [2.24, 2.45) is 0 Å². The lowest BCUT2D eigenvalue weighted by molar-refractivity contribution is 0.906. The van der Waals surface area contributed by atoms with Gasteiger partial charge < -0.3 is 0 Å². The van der Waals surface area contributed by atoms with Gasteiger partial charge in [0.1, 0.15) is 0 Å². The highest BCUT2D eigenvalue weighted by Gasteiger charge is 2.45. The Balaban J connectivity index is 2.48. The topological polar surface area (TPSA) is 23.8 Å². The number of nitrogens with zero attached hydrogens (tertiary/aromatic N) is 1. The molecular weight excluding hydrogens is 294 g/mol. The molecule has 66 valence electrons. The van der Waals surface area contributed by atoms with Crippen LogP contribution >= 0.6 is 31.9 Å². The summed E-state index contributed by atoms with van der Waals surface area (Å²) in [7, 11) is 0. The molecule has 0 saturated heterocycles. The molecule has 0 spiro atoms. The maximum absolute atomic E-state index is 9.01. The highest BCUT2D eigenvalue weighted by atomic mass is 79.9. The first kappa shape index (κ1) is 9.23. The number of benzene rings is 1. The molecule has 0 N–H and O–H groups in total. The van der Waals surface area contributed by atoms with E-state index in [0.717, 1.165) is 27.4 Å². The second kappa shape index (κ2) is 3.11. The maximum Gasteiger partial charge on any atom is 0.0824 e. The Morgan fingerprint density at radius 2 is 1.69 bits per heavy atom. The number of hydrogen-bond acceptors (Lipinski definition) is 1. The van der Waals surface area contributed by atoms with Crippen LogP contribution in [0.1, 0.15) is 18.4 Å². The molecule has 1 saturated carbocycles. The predicted octanol–water partition coefficient (Wildman–Crippen LogP) is 3.77. The molecule has 13 heavy (non-hydrogen) atoms. The van der Waals surface area contributed by atoms with Crippen molar-refractivity contribution in [2.75, 3.05) is 0 Å². The molecule has 1 aliphatic carbocycles. The van der Waals surface area contributed by atoms with Gasteiger partial charge >= 0.3 is 0 Å². The van der Waals surface area contributed by atoms with Gasteiger partial charge in [0, 0.05) is 8.95 Å². The predicted molar refractivity (Wildman–Crippen MR) is 58.4 cm³/mol. The van der Waals surface area contributed by atoms with E-state index in [1.807, 2.05) is 18.2 Å². The molecule has 0 heterocycles. The van der Waals surface area contributed by atoms with E-state index in [9.17, 15) is 0 Å². The molecule has 0 amide bonds. The van der Waals surface area contributed by atoms with Crippen LogP contribution in [-0.2, 0) is 5.41 Å². The second-order valence-corrected chi connectivity index (χ2v) is 5.18. The average molecular weight is 301 g/mol. The van der Waals surface area contributed by atoms with Crippen molar-refractivity contribution in [2.45, 2.75) is 18.3 Å². The minimum atomic E-state index is -0.188. The summed E-state index contributed by atoms with van der Waals surface area (Å²) in [5.74, 6) is 0. The first-order valence-corrected chi connectivity index (χ1v) is 5.63. The zero-order valence-electron chi connectivity index (χ0n) is 6.85. The van der Waals surface area contributed by atoms with Crippen molar-refractivity contribution in [1.29, 1.82) is 5.26 Å². The molecule has 1 aliphatic rings. The van der Waals surface area contributed by atoms with Crippen molar-refractivity contribution in [3.05, 3.63) is 32.7 Å². The van der Waals surface area contributed by atoms with E-state index in [0.29, 0.717) is 0 Å². The first-order valence-electron chi connectivity index (χ1n) is 4.04. The zero-order valence-corrected chi connectivity index (χ0v) is 10.0. The summed E-state index contributed by atoms with van der Waals surface area (Å²) in [5.41, 5.74) is 0.933. The fourth-order valence-electron chi connectivity index (χ4n) is 1.42. The Morgan fingerprint density at radius 1 is 1.15 bits per heavy atom.